The van der Waals surface area contributed by atoms with E-state index in [1.165, 1.54) is 18.2 Å². The number of amides is 2. The van der Waals surface area contributed by atoms with Crippen LogP contribution in [0, 0.1) is 0 Å². The number of phenolic OH excluding ortho intramolecular Hbond substituents is 2. The summed E-state index contributed by atoms with van der Waals surface area (Å²) in [5.74, 6) is -1.77. The van der Waals surface area contributed by atoms with Crippen LogP contribution in [0.15, 0.2) is 27.2 Å². The summed E-state index contributed by atoms with van der Waals surface area (Å²) >= 11 is 0. The third kappa shape index (κ3) is 3.64. The number of primary amides is 1. The van der Waals surface area contributed by atoms with Crippen LogP contribution in [0.2, 0.25) is 0 Å². The van der Waals surface area contributed by atoms with Crippen LogP contribution in [0.25, 0.3) is 22.6 Å². The fourth-order valence-corrected chi connectivity index (χ4v) is 2.85. The van der Waals surface area contributed by atoms with Crippen LogP contribution in [0.1, 0.15) is 53.2 Å². The van der Waals surface area contributed by atoms with Gasteiger partial charge in [0.2, 0.25) is 0 Å². The Morgan fingerprint density at radius 2 is 1.86 bits per heavy atom. The number of rotatable bonds is 6. The first-order valence-electron chi connectivity index (χ1n) is 8.85. The molecule has 0 saturated carbocycles. The molecule has 0 aliphatic rings. The minimum Gasteiger partial charge on any atom is -0.508 e. The van der Waals surface area contributed by atoms with Gasteiger partial charge in [-0.1, -0.05) is 24.2 Å². The number of carbonyl (C=O) groups is 2. The molecule has 0 aliphatic heterocycles. The molecule has 0 atom stereocenters. The predicted octanol–water partition coefficient (Wildman–Crippen LogP) is 2.38. The molecule has 10 nitrogen and oxygen atoms in total. The highest BCUT2D eigenvalue weighted by Gasteiger charge is 2.29. The van der Waals surface area contributed by atoms with Gasteiger partial charge in [-0.2, -0.15) is 0 Å². The van der Waals surface area contributed by atoms with Gasteiger partial charge in [0.15, 0.2) is 22.9 Å². The van der Waals surface area contributed by atoms with Crippen molar-refractivity contribution in [2.24, 2.45) is 5.73 Å². The van der Waals surface area contributed by atoms with Gasteiger partial charge in [-0.15, -0.1) is 0 Å². The summed E-state index contributed by atoms with van der Waals surface area (Å²) < 4.78 is 10.6. The van der Waals surface area contributed by atoms with Gasteiger partial charge in [-0.25, -0.2) is 0 Å². The number of nitrogens with one attached hydrogen (secondary N) is 1. The number of nitrogens with two attached hydrogens (primary N) is 1. The highest BCUT2D eigenvalue weighted by molar-refractivity contribution is 6.02. The Hall–Kier alpha value is -3.82. The van der Waals surface area contributed by atoms with Gasteiger partial charge >= 0.3 is 0 Å². The molecule has 0 radical (unpaired) electrons. The monoisotopic (exact) mass is 400 g/mol. The summed E-state index contributed by atoms with van der Waals surface area (Å²) in [4.78, 5) is 23.8. The zero-order chi connectivity index (χ0) is 21.3. The second-order valence-corrected chi connectivity index (χ2v) is 6.62. The molecule has 2 aromatic heterocycles. The Labute approximate surface area is 165 Å². The van der Waals surface area contributed by atoms with Gasteiger partial charge in [0, 0.05) is 18.7 Å². The van der Waals surface area contributed by atoms with E-state index in [0.717, 1.165) is 0 Å². The molecular weight excluding hydrogens is 380 g/mol. The number of benzene rings is 1. The number of aromatic hydroxyl groups is 2. The molecule has 0 spiro atoms. The van der Waals surface area contributed by atoms with E-state index < -0.39 is 11.8 Å². The standard InChI is InChI=1S/C19H20N4O6/c1-4-21-19(27)16-15(14-6-11(18(20)26)22-28-14)17(29-23-16)10-5-9(8(2)3)12(24)7-13(10)25/h5-8,24-25H,4H2,1-3H3,(H2,20,26)(H,21,27). The molecule has 1 aromatic carbocycles. The molecule has 152 valence electrons. The van der Waals surface area contributed by atoms with Crippen molar-refractivity contribution in [3.8, 4) is 34.1 Å². The molecule has 0 bridgehead atoms. The quantitative estimate of drug-likeness (QED) is 0.489. The lowest BCUT2D eigenvalue weighted by molar-refractivity contribution is 0.0945. The largest absolute Gasteiger partial charge is 0.508 e. The third-order valence-corrected chi connectivity index (χ3v) is 4.27. The first-order chi connectivity index (χ1) is 13.7. The van der Waals surface area contributed by atoms with Crippen molar-refractivity contribution >= 4 is 11.8 Å². The zero-order valence-corrected chi connectivity index (χ0v) is 16.0. The fourth-order valence-electron chi connectivity index (χ4n) is 2.85. The van der Waals surface area contributed by atoms with E-state index >= 15 is 0 Å². The molecule has 3 aromatic rings. The molecule has 29 heavy (non-hydrogen) atoms. The number of hydrogen-bond donors (Lipinski definition) is 4. The maximum absolute atomic E-state index is 12.4. The fraction of sp³-hybridized carbons (Fsp3) is 0.263. The number of carbonyl (C=O) groups excluding carboxylic acids is 2. The number of aromatic nitrogens is 2. The summed E-state index contributed by atoms with van der Waals surface area (Å²) in [7, 11) is 0. The van der Waals surface area contributed by atoms with Crippen molar-refractivity contribution < 1.29 is 28.8 Å². The zero-order valence-electron chi connectivity index (χ0n) is 16.0. The van der Waals surface area contributed by atoms with Crippen LogP contribution in [0.3, 0.4) is 0 Å². The molecule has 2 amide bonds. The summed E-state index contributed by atoms with van der Waals surface area (Å²) in [5.41, 5.74) is 5.78. The Morgan fingerprint density at radius 1 is 1.14 bits per heavy atom. The molecule has 3 rings (SSSR count). The van der Waals surface area contributed by atoms with Gasteiger partial charge in [-0.3, -0.25) is 9.59 Å². The molecule has 10 heteroatoms. The Balaban J connectivity index is 2.26. The van der Waals surface area contributed by atoms with Crippen molar-refractivity contribution in [2.45, 2.75) is 26.7 Å². The molecule has 0 aliphatic carbocycles. The van der Waals surface area contributed by atoms with Gasteiger partial charge < -0.3 is 30.3 Å². The van der Waals surface area contributed by atoms with Crippen molar-refractivity contribution in [2.75, 3.05) is 6.54 Å². The number of hydrogen-bond acceptors (Lipinski definition) is 8. The van der Waals surface area contributed by atoms with E-state index in [9.17, 15) is 19.8 Å². The van der Waals surface area contributed by atoms with Crippen LogP contribution >= 0.6 is 0 Å². The van der Waals surface area contributed by atoms with E-state index in [0.29, 0.717) is 12.1 Å². The molecule has 5 N–H and O–H groups in total. The first-order valence-corrected chi connectivity index (χ1v) is 8.85. The predicted molar refractivity (Wildman–Crippen MR) is 101 cm³/mol. The van der Waals surface area contributed by atoms with E-state index in [-0.39, 0.29) is 51.5 Å². The summed E-state index contributed by atoms with van der Waals surface area (Å²) in [6.45, 7) is 5.81. The highest BCUT2D eigenvalue weighted by Crippen LogP contribution is 2.43. The maximum Gasteiger partial charge on any atom is 0.274 e. The van der Waals surface area contributed by atoms with Crippen LogP contribution in [0.5, 0.6) is 11.5 Å². The lowest BCUT2D eigenvalue weighted by Gasteiger charge is -2.11. The van der Waals surface area contributed by atoms with Gasteiger partial charge in [0.05, 0.1) is 5.56 Å². The molecule has 0 fully saturated rings. The van der Waals surface area contributed by atoms with E-state index in [4.69, 9.17) is 14.8 Å². The van der Waals surface area contributed by atoms with Gasteiger partial charge in [-0.05, 0) is 24.5 Å². The van der Waals surface area contributed by atoms with Crippen molar-refractivity contribution in [3.05, 3.63) is 35.2 Å². The summed E-state index contributed by atoms with van der Waals surface area (Å²) in [6, 6.07) is 3.96. The SMILES string of the molecule is CCNC(=O)c1noc(-c2cc(C(C)C)c(O)cc2O)c1-c1cc(C(N)=O)no1. The lowest BCUT2D eigenvalue weighted by atomic mass is 9.95. The normalized spacial score (nSPS) is 11.0. The molecule has 0 unspecified atom stereocenters. The number of nitrogens with zero attached hydrogens (tertiary/aromatic N) is 2. The van der Waals surface area contributed by atoms with Gasteiger partial charge in [0.1, 0.15) is 17.1 Å². The minimum absolute atomic E-state index is 0.00914. The van der Waals surface area contributed by atoms with E-state index in [2.05, 4.69) is 15.6 Å². The second kappa shape index (κ2) is 7.66. The highest BCUT2D eigenvalue weighted by atomic mass is 16.5. The summed E-state index contributed by atoms with van der Waals surface area (Å²) in [6.07, 6.45) is 0. The van der Waals surface area contributed by atoms with E-state index in [1.807, 2.05) is 13.8 Å². The Morgan fingerprint density at radius 3 is 2.45 bits per heavy atom. The Bertz CT molecular complexity index is 1080. The van der Waals surface area contributed by atoms with E-state index in [1.54, 1.807) is 6.92 Å². The second-order valence-electron chi connectivity index (χ2n) is 6.62. The van der Waals surface area contributed by atoms with Crippen LogP contribution < -0.4 is 11.1 Å². The minimum atomic E-state index is -0.813. The van der Waals surface area contributed by atoms with Crippen LogP contribution in [-0.2, 0) is 0 Å². The average Bonchev–Trinajstić information content (AvgIpc) is 3.28. The topological polar surface area (TPSA) is 165 Å². The smallest absolute Gasteiger partial charge is 0.274 e. The average molecular weight is 400 g/mol. The van der Waals surface area contributed by atoms with Gasteiger partial charge in [0.25, 0.3) is 11.8 Å². The van der Waals surface area contributed by atoms with Crippen molar-refractivity contribution in [1.29, 1.82) is 0 Å². The molecule has 2 heterocycles. The summed E-state index contributed by atoms with van der Waals surface area (Å²) in [5, 5.41) is 30.5. The molecular formula is C19H20N4O6. The first kappa shape index (κ1) is 19.9. The van der Waals surface area contributed by atoms with Crippen LogP contribution in [-0.4, -0.2) is 38.9 Å². The van der Waals surface area contributed by atoms with Crippen molar-refractivity contribution in [3.63, 3.8) is 0 Å². The Kier molecular flexibility index (Phi) is 5.26. The molecule has 0 saturated heterocycles. The lowest BCUT2D eigenvalue weighted by Crippen LogP contribution is -2.23. The van der Waals surface area contributed by atoms with Crippen LogP contribution in [0.4, 0.5) is 0 Å². The maximum atomic E-state index is 12.4. The van der Waals surface area contributed by atoms with Crippen molar-refractivity contribution in [1.82, 2.24) is 15.6 Å². The third-order valence-electron chi connectivity index (χ3n) is 4.27. The number of phenols is 2.